The maximum atomic E-state index is 11.1. The molecule has 0 aliphatic heterocycles. The first-order chi connectivity index (χ1) is 8.56. The van der Waals surface area contributed by atoms with Gasteiger partial charge >= 0.3 is 5.97 Å². The number of rotatable bonds is 6. The standard InChI is InChI=1S/C15H19NO2/c1-4-8-14(15(17)18)12(3)16-11(2)13-9-6-5-7-10-13/h4-7,9-11,16H,1,8H2,2-3H3,(H,17,18)/b14-12-. The second kappa shape index (κ2) is 6.64. The summed E-state index contributed by atoms with van der Waals surface area (Å²) in [6, 6.07) is 9.99. The number of benzene rings is 1. The van der Waals surface area contributed by atoms with E-state index in [0.29, 0.717) is 17.7 Å². The van der Waals surface area contributed by atoms with Crippen molar-refractivity contribution >= 4 is 5.97 Å². The Bertz CT molecular complexity index is 449. The number of carboxylic acids is 1. The molecule has 0 bridgehead atoms. The van der Waals surface area contributed by atoms with Crippen LogP contribution < -0.4 is 5.32 Å². The van der Waals surface area contributed by atoms with Crippen molar-refractivity contribution < 1.29 is 9.90 Å². The maximum absolute atomic E-state index is 11.1. The van der Waals surface area contributed by atoms with Gasteiger partial charge in [0.25, 0.3) is 0 Å². The molecular weight excluding hydrogens is 226 g/mol. The van der Waals surface area contributed by atoms with Gasteiger partial charge in [0.2, 0.25) is 0 Å². The van der Waals surface area contributed by atoms with Crippen molar-refractivity contribution in [1.29, 1.82) is 0 Å². The molecule has 1 atom stereocenters. The molecule has 1 rings (SSSR count). The molecule has 3 heteroatoms. The van der Waals surface area contributed by atoms with Gasteiger partial charge in [-0.15, -0.1) is 6.58 Å². The van der Waals surface area contributed by atoms with Gasteiger partial charge in [-0.3, -0.25) is 0 Å². The molecule has 0 heterocycles. The van der Waals surface area contributed by atoms with Gasteiger partial charge in [-0.05, 0) is 25.8 Å². The molecule has 0 radical (unpaired) electrons. The fourth-order valence-corrected chi connectivity index (χ4v) is 1.78. The smallest absolute Gasteiger partial charge is 0.333 e. The predicted octanol–water partition coefficient (Wildman–Crippen LogP) is 3.27. The Morgan fingerprint density at radius 2 is 2.06 bits per heavy atom. The third-order valence-electron chi connectivity index (χ3n) is 2.79. The topological polar surface area (TPSA) is 49.3 Å². The van der Waals surface area contributed by atoms with E-state index < -0.39 is 5.97 Å². The Hall–Kier alpha value is -2.03. The summed E-state index contributed by atoms with van der Waals surface area (Å²) in [4.78, 5) is 11.1. The third-order valence-corrected chi connectivity index (χ3v) is 2.79. The molecule has 3 nitrogen and oxygen atoms in total. The molecule has 1 aromatic rings. The molecule has 0 spiro atoms. The number of aliphatic carboxylic acids is 1. The lowest BCUT2D eigenvalue weighted by atomic mass is 10.1. The number of hydrogen-bond acceptors (Lipinski definition) is 2. The average Bonchev–Trinajstić information content (AvgIpc) is 2.36. The van der Waals surface area contributed by atoms with E-state index in [1.807, 2.05) is 37.3 Å². The van der Waals surface area contributed by atoms with Crippen LogP contribution in [0.4, 0.5) is 0 Å². The molecular formula is C15H19NO2. The van der Waals surface area contributed by atoms with E-state index in [4.69, 9.17) is 5.11 Å². The van der Waals surface area contributed by atoms with Crippen LogP contribution in [0.5, 0.6) is 0 Å². The minimum absolute atomic E-state index is 0.0744. The fourth-order valence-electron chi connectivity index (χ4n) is 1.78. The van der Waals surface area contributed by atoms with Crippen LogP contribution in [0.15, 0.2) is 54.3 Å². The number of allylic oxidation sites excluding steroid dienone is 2. The Labute approximate surface area is 108 Å². The van der Waals surface area contributed by atoms with Crippen LogP contribution in [0, 0.1) is 0 Å². The van der Waals surface area contributed by atoms with E-state index >= 15 is 0 Å². The highest BCUT2D eigenvalue weighted by Gasteiger charge is 2.12. The highest BCUT2D eigenvalue weighted by atomic mass is 16.4. The molecule has 0 fully saturated rings. The van der Waals surface area contributed by atoms with Crippen molar-refractivity contribution in [2.45, 2.75) is 26.3 Å². The van der Waals surface area contributed by atoms with E-state index in [0.717, 1.165) is 5.56 Å². The third kappa shape index (κ3) is 3.77. The van der Waals surface area contributed by atoms with E-state index in [2.05, 4.69) is 11.9 Å². The molecule has 1 aromatic carbocycles. The summed E-state index contributed by atoms with van der Waals surface area (Å²) in [5.41, 5.74) is 2.16. The lowest BCUT2D eigenvalue weighted by Crippen LogP contribution is -2.20. The molecule has 0 saturated carbocycles. The summed E-state index contributed by atoms with van der Waals surface area (Å²) >= 11 is 0. The second-order valence-electron chi connectivity index (χ2n) is 4.18. The average molecular weight is 245 g/mol. The Morgan fingerprint density at radius 1 is 1.44 bits per heavy atom. The molecule has 0 amide bonds. The predicted molar refractivity (Wildman–Crippen MR) is 73.1 cm³/mol. The minimum atomic E-state index is -0.903. The molecule has 0 aliphatic carbocycles. The quantitative estimate of drug-likeness (QED) is 0.597. The van der Waals surface area contributed by atoms with Crippen molar-refractivity contribution in [3.63, 3.8) is 0 Å². The fraction of sp³-hybridized carbons (Fsp3) is 0.267. The summed E-state index contributed by atoms with van der Waals surface area (Å²) < 4.78 is 0. The zero-order valence-corrected chi connectivity index (χ0v) is 10.8. The first-order valence-corrected chi connectivity index (χ1v) is 5.91. The van der Waals surface area contributed by atoms with Crippen molar-refractivity contribution in [2.75, 3.05) is 0 Å². The van der Waals surface area contributed by atoms with Crippen molar-refractivity contribution in [1.82, 2.24) is 5.32 Å². The zero-order valence-electron chi connectivity index (χ0n) is 10.8. The lowest BCUT2D eigenvalue weighted by molar-refractivity contribution is -0.132. The van der Waals surface area contributed by atoms with E-state index in [9.17, 15) is 4.79 Å². The van der Waals surface area contributed by atoms with E-state index in [1.165, 1.54) is 0 Å². The van der Waals surface area contributed by atoms with Crippen LogP contribution >= 0.6 is 0 Å². The minimum Gasteiger partial charge on any atom is -0.478 e. The molecule has 0 saturated heterocycles. The van der Waals surface area contributed by atoms with Crippen LogP contribution in [-0.4, -0.2) is 11.1 Å². The first kappa shape index (κ1) is 14.0. The van der Waals surface area contributed by atoms with Gasteiger partial charge in [0.1, 0.15) is 0 Å². The van der Waals surface area contributed by atoms with Crippen molar-refractivity contribution in [3.8, 4) is 0 Å². The maximum Gasteiger partial charge on any atom is 0.333 e. The van der Waals surface area contributed by atoms with Crippen LogP contribution in [0.1, 0.15) is 31.9 Å². The van der Waals surface area contributed by atoms with Crippen molar-refractivity contribution in [2.24, 2.45) is 0 Å². The van der Waals surface area contributed by atoms with Gasteiger partial charge in [-0.1, -0.05) is 36.4 Å². The summed E-state index contributed by atoms with van der Waals surface area (Å²) in [6.07, 6.45) is 1.96. The van der Waals surface area contributed by atoms with Gasteiger partial charge in [0.05, 0.1) is 5.57 Å². The van der Waals surface area contributed by atoms with Crippen LogP contribution in [0.25, 0.3) is 0 Å². The molecule has 2 N–H and O–H groups in total. The number of hydrogen-bond donors (Lipinski definition) is 2. The van der Waals surface area contributed by atoms with Gasteiger partial charge < -0.3 is 10.4 Å². The molecule has 1 unspecified atom stereocenters. The van der Waals surface area contributed by atoms with Gasteiger partial charge in [0, 0.05) is 11.7 Å². The molecule has 96 valence electrons. The summed E-state index contributed by atoms with van der Waals surface area (Å²) in [5.74, 6) is -0.903. The zero-order chi connectivity index (χ0) is 13.5. The Kier molecular flexibility index (Phi) is 5.18. The molecule has 0 aliphatic rings. The monoisotopic (exact) mass is 245 g/mol. The number of nitrogens with one attached hydrogen (secondary N) is 1. The number of carbonyl (C=O) groups is 1. The van der Waals surface area contributed by atoms with Gasteiger partial charge in [-0.25, -0.2) is 4.79 Å². The summed E-state index contributed by atoms with van der Waals surface area (Å²) in [5, 5.41) is 12.3. The van der Waals surface area contributed by atoms with Gasteiger partial charge in [0.15, 0.2) is 0 Å². The number of carboxylic acid groups (broad SMARTS) is 1. The largest absolute Gasteiger partial charge is 0.478 e. The van der Waals surface area contributed by atoms with E-state index in [-0.39, 0.29) is 6.04 Å². The molecule has 18 heavy (non-hydrogen) atoms. The Morgan fingerprint density at radius 3 is 2.56 bits per heavy atom. The second-order valence-corrected chi connectivity index (χ2v) is 4.18. The summed E-state index contributed by atoms with van der Waals surface area (Å²) in [7, 11) is 0. The Balaban J connectivity index is 2.85. The highest BCUT2D eigenvalue weighted by Crippen LogP contribution is 2.15. The lowest BCUT2D eigenvalue weighted by Gasteiger charge is -2.17. The van der Waals surface area contributed by atoms with E-state index in [1.54, 1.807) is 13.0 Å². The van der Waals surface area contributed by atoms with Crippen LogP contribution in [-0.2, 0) is 4.79 Å². The van der Waals surface area contributed by atoms with Gasteiger partial charge in [-0.2, -0.15) is 0 Å². The van der Waals surface area contributed by atoms with Crippen molar-refractivity contribution in [3.05, 3.63) is 59.8 Å². The van der Waals surface area contributed by atoms with Crippen LogP contribution in [0.3, 0.4) is 0 Å². The highest BCUT2D eigenvalue weighted by molar-refractivity contribution is 5.87. The SMILES string of the molecule is C=CC/C(C(=O)O)=C(\C)NC(C)c1ccccc1. The summed E-state index contributed by atoms with van der Waals surface area (Å²) in [6.45, 7) is 7.37. The normalized spacial score (nSPS) is 13.4. The first-order valence-electron chi connectivity index (χ1n) is 5.91. The molecule has 0 aromatic heterocycles. The van der Waals surface area contributed by atoms with Crippen LogP contribution in [0.2, 0.25) is 0 Å².